The molecule has 0 aliphatic heterocycles. The Bertz CT molecular complexity index is 748. The van der Waals surface area contributed by atoms with E-state index in [1.807, 2.05) is 19.1 Å². The van der Waals surface area contributed by atoms with E-state index in [1.54, 1.807) is 18.2 Å². The van der Waals surface area contributed by atoms with Crippen LogP contribution in [0.1, 0.15) is 21.5 Å². The number of aryl methyl sites for hydroxylation is 1. The van der Waals surface area contributed by atoms with Gasteiger partial charge in [0.15, 0.2) is 11.5 Å². The average Bonchev–Trinajstić information content (AvgIpc) is 2.55. The molecular formula is C17H16F2N2O3. The molecule has 0 spiro atoms. The Morgan fingerprint density at radius 1 is 1.21 bits per heavy atom. The molecule has 0 bridgehead atoms. The largest absolute Gasteiger partial charge is 0.493 e. The Hall–Kier alpha value is -2.96. The number of amides is 1. The molecule has 0 saturated heterocycles. The highest BCUT2D eigenvalue weighted by molar-refractivity contribution is 5.96. The number of hydrogen-bond donors (Lipinski definition) is 1. The Morgan fingerprint density at radius 2 is 1.96 bits per heavy atom. The lowest BCUT2D eigenvalue weighted by molar-refractivity contribution is -0.0512. The maximum absolute atomic E-state index is 12.4. The van der Waals surface area contributed by atoms with Crippen LogP contribution in [0.2, 0.25) is 0 Å². The summed E-state index contributed by atoms with van der Waals surface area (Å²) in [6.45, 7) is -1.15. The minimum Gasteiger partial charge on any atom is -0.493 e. The van der Waals surface area contributed by atoms with Crippen molar-refractivity contribution in [1.29, 1.82) is 0 Å². The molecular weight excluding hydrogens is 318 g/mol. The normalized spacial score (nSPS) is 10.9. The van der Waals surface area contributed by atoms with Gasteiger partial charge in [0.1, 0.15) is 0 Å². The summed E-state index contributed by atoms with van der Waals surface area (Å²) in [5.41, 5.74) is 4.18. The van der Waals surface area contributed by atoms with Crippen LogP contribution in [0.4, 0.5) is 8.78 Å². The first-order valence-electron chi connectivity index (χ1n) is 7.03. The smallest absolute Gasteiger partial charge is 0.387 e. The lowest BCUT2D eigenvalue weighted by Gasteiger charge is -2.10. The van der Waals surface area contributed by atoms with Gasteiger partial charge < -0.3 is 9.47 Å². The van der Waals surface area contributed by atoms with E-state index in [-0.39, 0.29) is 17.4 Å². The van der Waals surface area contributed by atoms with Gasteiger partial charge in [0.25, 0.3) is 5.91 Å². The lowest BCUT2D eigenvalue weighted by atomic mass is 10.1. The summed E-state index contributed by atoms with van der Waals surface area (Å²) in [5, 5.41) is 3.83. The fourth-order valence-corrected chi connectivity index (χ4v) is 2.02. The number of hydrogen-bond acceptors (Lipinski definition) is 4. The Balaban J connectivity index is 2.09. The zero-order chi connectivity index (χ0) is 17.5. The molecule has 1 N–H and O–H groups in total. The van der Waals surface area contributed by atoms with Crippen LogP contribution >= 0.6 is 0 Å². The Morgan fingerprint density at radius 3 is 2.62 bits per heavy atom. The van der Waals surface area contributed by atoms with Crippen molar-refractivity contribution in [3.05, 3.63) is 59.2 Å². The van der Waals surface area contributed by atoms with Crippen LogP contribution in [0.15, 0.2) is 47.6 Å². The maximum Gasteiger partial charge on any atom is 0.387 e. The van der Waals surface area contributed by atoms with Crippen molar-refractivity contribution in [1.82, 2.24) is 5.43 Å². The van der Waals surface area contributed by atoms with Crippen molar-refractivity contribution in [3.63, 3.8) is 0 Å². The van der Waals surface area contributed by atoms with Crippen molar-refractivity contribution in [2.75, 3.05) is 7.11 Å². The first-order chi connectivity index (χ1) is 11.5. The second-order valence-electron chi connectivity index (χ2n) is 4.80. The molecule has 0 fully saturated rings. The molecule has 2 rings (SSSR count). The summed E-state index contributed by atoms with van der Waals surface area (Å²) in [7, 11) is 1.35. The molecule has 7 heteroatoms. The van der Waals surface area contributed by atoms with Crippen molar-refractivity contribution in [3.8, 4) is 11.5 Å². The van der Waals surface area contributed by atoms with E-state index in [9.17, 15) is 13.6 Å². The van der Waals surface area contributed by atoms with E-state index in [1.165, 1.54) is 25.5 Å². The van der Waals surface area contributed by atoms with Crippen LogP contribution in [-0.2, 0) is 0 Å². The Labute approximate surface area is 137 Å². The van der Waals surface area contributed by atoms with Gasteiger partial charge in [-0.05, 0) is 42.3 Å². The number of carbonyl (C=O) groups excluding carboxylic acids is 1. The van der Waals surface area contributed by atoms with Gasteiger partial charge in [-0.3, -0.25) is 4.79 Å². The quantitative estimate of drug-likeness (QED) is 0.651. The number of nitrogens with one attached hydrogen (secondary N) is 1. The summed E-state index contributed by atoms with van der Waals surface area (Å²) in [6.07, 6.45) is 1.33. The van der Waals surface area contributed by atoms with Gasteiger partial charge >= 0.3 is 6.61 Å². The first kappa shape index (κ1) is 17.4. The van der Waals surface area contributed by atoms with E-state index in [0.717, 1.165) is 5.56 Å². The summed E-state index contributed by atoms with van der Waals surface area (Å²) in [6, 6.07) is 11.5. The summed E-state index contributed by atoms with van der Waals surface area (Å²) in [4.78, 5) is 12.0. The van der Waals surface area contributed by atoms with Gasteiger partial charge in [-0.1, -0.05) is 18.2 Å². The van der Waals surface area contributed by atoms with Crippen LogP contribution < -0.4 is 14.9 Å². The summed E-state index contributed by atoms with van der Waals surface area (Å²) in [5.74, 6) is -0.292. The minimum atomic E-state index is -2.97. The number of nitrogens with zero attached hydrogens (tertiary/aromatic N) is 1. The standard InChI is InChI=1S/C17H16F2N2O3/c1-11-5-3-4-6-13(11)16(22)21-20-10-12-7-8-14(23-2)15(9-12)24-17(18)19/h3-10,17H,1-2H3,(H,21,22)/b20-10-. The topological polar surface area (TPSA) is 59.9 Å². The van der Waals surface area contributed by atoms with Gasteiger partial charge in [0.2, 0.25) is 0 Å². The number of ether oxygens (including phenoxy) is 2. The third-order valence-electron chi connectivity index (χ3n) is 3.17. The minimum absolute atomic E-state index is 0.110. The molecule has 126 valence electrons. The molecule has 2 aromatic carbocycles. The zero-order valence-corrected chi connectivity index (χ0v) is 13.1. The fourth-order valence-electron chi connectivity index (χ4n) is 2.02. The van der Waals surface area contributed by atoms with Gasteiger partial charge in [-0.25, -0.2) is 5.43 Å². The first-order valence-corrected chi connectivity index (χ1v) is 7.03. The number of benzene rings is 2. The highest BCUT2D eigenvalue weighted by Crippen LogP contribution is 2.28. The van der Waals surface area contributed by atoms with Gasteiger partial charge in [0.05, 0.1) is 13.3 Å². The van der Waals surface area contributed by atoms with Crippen molar-refractivity contribution >= 4 is 12.1 Å². The second kappa shape index (κ2) is 8.05. The molecule has 0 atom stereocenters. The molecule has 5 nitrogen and oxygen atoms in total. The predicted octanol–water partition coefficient (Wildman–Crippen LogP) is 3.37. The number of methoxy groups -OCH3 is 1. The maximum atomic E-state index is 12.4. The molecule has 0 heterocycles. The monoisotopic (exact) mass is 334 g/mol. The molecule has 0 radical (unpaired) electrons. The third kappa shape index (κ3) is 4.52. The molecule has 0 unspecified atom stereocenters. The highest BCUT2D eigenvalue weighted by Gasteiger charge is 2.11. The molecule has 0 aromatic heterocycles. The number of rotatable bonds is 6. The second-order valence-corrected chi connectivity index (χ2v) is 4.80. The van der Waals surface area contributed by atoms with Crippen molar-refractivity contribution in [2.45, 2.75) is 13.5 Å². The van der Waals surface area contributed by atoms with Gasteiger partial charge in [-0.15, -0.1) is 0 Å². The van der Waals surface area contributed by atoms with E-state index in [0.29, 0.717) is 11.1 Å². The van der Waals surface area contributed by atoms with Crippen LogP contribution in [0.25, 0.3) is 0 Å². The van der Waals surface area contributed by atoms with Crippen LogP contribution in [0.5, 0.6) is 11.5 Å². The van der Waals surface area contributed by atoms with E-state index < -0.39 is 6.61 Å². The number of halogens is 2. The third-order valence-corrected chi connectivity index (χ3v) is 3.17. The molecule has 0 aliphatic carbocycles. The molecule has 24 heavy (non-hydrogen) atoms. The SMILES string of the molecule is COc1ccc(/C=N\NC(=O)c2ccccc2C)cc1OC(F)F. The van der Waals surface area contributed by atoms with E-state index >= 15 is 0 Å². The van der Waals surface area contributed by atoms with Gasteiger partial charge in [0, 0.05) is 5.56 Å². The van der Waals surface area contributed by atoms with E-state index in [2.05, 4.69) is 15.3 Å². The average molecular weight is 334 g/mol. The van der Waals surface area contributed by atoms with Gasteiger partial charge in [-0.2, -0.15) is 13.9 Å². The summed E-state index contributed by atoms with van der Waals surface area (Å²) < 4.78 is 34.1. The molecule has 0 aliphatic rings. The number of carbonyl (C=O) groups is 1. The predicted molar refractivity (Wildman–Crippen MR) is 85.9 cm³/mol. The molecule has 2 aromatic rings. The van der Waals surface area contributed by atoms with Crippen molar-refractivity contribution < 1.29 is 23.0 Å². The summed E-state index contributed by atoms with van der Waals surface area (Å²) >= 11 is 0. The molecule has 0 saturated carbocycles. The Kier molecular flexibility index (Phi) is 5.83. The molecule has 1 amide bonds. The van der Waals surface area contributed by atoms with Crippen LogP contribution in [0.3, 0.4) is 0 Å². The highest BCUT2D eigenvalue weighted by atomic mass is 19.3. The van der Waals surface area contributed by atoms with Crippen molar-refractivity contribution in [2.24, 2.45) is 5.10 Å². The van der Waals surface area contributed by atoms with Crippen LogP contribution in [0, 0.1) is 6.92 Å². The van der Waals surface area contributed by atoms with Crippen LogP contribution in [-0.4, -0.2) is 25.8 Å². The number of hydrazone groups is 1. The zero-order valence-electron chi connectivity index (χ0n) is 13.1. The lowest BCUT2D eigenvalue weighted by Crippen LogP contribution is -2.18. The fraction of sp³-hybridized carbons (Fsp3) is 0.176. The number of alkyl halides is 2. The van der Waals surface area contributed by atoms with E-state index in [4.69, 9.17) is 4.74 Å².